The zero-order chi connectivity index (χ0) is 6.97. The van der Waals surface area contributed by atoms with Crippen LogP contribution in [0.15, 0.2) is 5.51 Å². The molecule has 1 fully saturated rings. The van der Waals surface area contributed by atoms with Gasteiger partial charge >= 0.3 is 0 Å². The van der Waals surface area contributed by atoms with Gasteiger partial charge in [-0.2, -0.15) is 0 Å². The molecule has 10 heavy (non-hydrogen) atoms. The van der Waals surface area contributed by atoms with Crippen molar-refractivity contribution in [2.45, 2.75) is 18.8 Å². The molecule has 1 aromatic heterocycles. The Morgan fingerprint density at radius 2 is 2.50 bits per heavy atom. The Morgan fingerprint density at radius 1 is 1.70 bits per heavy atom. The molecule has 50 valence electrons. The SMILES string of the molecule is [C-]#[N+]c1scnc1C1CC1. The van der Waals surface area contributed by atoms with E-state index in [1.807, 2.05) is 0 Å². The van der Waals surface area contributed by atoms with Gasteiger partial charge in [0.2, 0.25) is 0 Å². The van der Waals surface area contributed by atoms with Gasteiger partial charge in [-0.3, -0.25) is 4.98 Å². The standard InChI is InChI=1S/C7H6N2S/c1-8-7-6(5-2-3-5)9-4-10-7/h4-5H,2-3H2. The van der Waals surface area contributed by atoms with E-state index in [-0.39, 0.29) is 0 Å². The van der Waals surface area contributed by atoms with Crippen molar-refractivity contribution in [2.24, 2.45) is 0 Å². The van der Waals surface area contributed by atoms with Gasteiger partial charge in [0.05, 0.1) is 17.8 Å². The van der Waals surface area contributed by atoms with Gasteiger partial charge < -0.3 is 0 Å². The zero-order valence-corrected chi connectivity index (χ0v) is 6.19. The molecule has 1 aromatic rings. The van der Waals surface area contributed by atoms with E-state index in [1.165, 1.54) is 24.2 Å². The van der Waals surface area contributed by atoms with E-state index in [0.29, 0.717) is 5.92 Å². The topological polar surface area (TPSA) is 17.2 Å². The summed E-state index contributed by atoms with van der Waals surface area (Å²) in [6.07, 6.45) is 2.46. The first-order valence-electron chi connectivity index (χ1n) is 3.22. The van der Waals surface area contributed by atoms with Crippen molar-refractivity contribution in [2.75, 3.05) is 0 Å². The van der Waals surface area contributed by atoms with Gasteiger partial charge in [-0.05, 0) is 18.8 Å². The minimum atomic E-state index is 0.621. The van der Waals surface area contributed by atoms with E-state index in [4.69, 9.17) is 6.57 Å². The minimum Gasteiger partial charge on any atom is -0.262 e. The average Bonchev–Trinajstić information content (AvgIpc) is 2.69. The van der Waals surface area contributed by atoms with Gasteiger partial charge in [-0.25, -0.2) is 4.85 Å². The molecule has 3 heteroatoms. The van der Waals surface area contributed by atoms with Gasteiger partial charge in [0.15, 0.2) is 0 Å². The molecule has 0 aromatic carbocycles. The lowest BCUT2D eigenvalue weighted by Gasteiger charge is -1.86. The van der Waals surface area contributed by atoms with E-state index < -0.39 is 0 Å². The maximum Gasteiger partial charge on any atom is 0.263 e. The lowest BCUT2D eigenvalue weighted by atomic mass is 10.3. The molecule has 0 unspecified atom stereocenters. The van der Waals surface area contributed by atoms with Crippen molar-refractivity contribution in [3.05, 3.63) is 22.6 Å². The lowest BCUT2D eigenvalue weighted by molar-refractivity contribution is 1.06. The van der Waals surface area contributed by atoms with Crippen LogP contribution < -0.4 is 0 Å². The second-order valence-corrected chi connectivity index (χ2v) is 3.26. The van der Waals surface area contributed by atoms with E-state index >= 15 is 0 Å². The first kappa shape index (κ1) is 5.87. The second-order valence-electron chi connectivity index (χ2n) is 2.43. The summed E-state index contributed by atoms with van der Waals surface area (Å²) in [4.78, 5) is 7.55. The summed E-state index contributed by atoms with van der Waals surface area (Å²) >= 11 is 1.45. The van der Waals surface area contributed by atoms with Crippen LogP contribution in [0.1, 0.15) is 24.5 Å². The molecule has 0 bridgehead atoms. The minimum absolute atomic E-state index is 0.621. The van der Waals surface area contributed by atoms with Crippen LogP contribution in [-0.4, -0.2) is 4.98 Å². The Hall–Kier alpha value is -0.880. The Bertz CT molecular complexity index is 280. The second kappa shape index (κ2) is 2.06. The maximum absolute atomic E-state index is 6.82. The van der Waals surface area contributed by atoms with Crippen molar-refractivity contribution < 1.29 is 0 Å². The van der Waals surface area contributed by atoms with E-state index in [0.717, 1.165) is 10.7 Å². The number of thiazole rings is 1. The Balaban J connectivity index is 2.40. The van der Waals surface area contributed by atoms with Crippen LogP contribution in [0, 0.1) is 6.57 Å². The lowest BCUT2D eigenvalue weighted by Crippen LogP contribution is -1.75. The highest BCUT2D eigenvalue weighted by molar-refractivity contribution is 7.14. The molecule has 1 saturated carbocycles. The third kappa shape index (κ3) is 0.812. The molecule has 0 N–H and O–H groups in total. The third-order valence-electron chi connectivity index (χ3n) is 1.64. The van der Waals surface area contributed by atoms with Gasteiger partial charge in [-0.1, -0.05) is 0 Å². The summed E-state index contributed by atoms with van der Waals surface area (Å²) < 4.78 is 0. The highest BCUT2D eigenvalue weighted by Crippen LogP contribution is 2.44. The van der Waals surface area contributed by atoms with Crippen molar-refractivity contribution in [1.82, 2.24) is 4.98 Å². The molecular formula is C7H6N2S. The number of hydrogen-bond donors (Lipinski definition) is 0. The molecule has 1 aliphatic carbocycles. The van der Waals surface area contributed by atoms with Gasteiger partial charge in [0.1, 0.15) is 0 Å². The molecule has 2 rings (SSSR count). The Morgan fingerprint density at radius 3 is 3.10 bits per heavy atom. The predicted molar refractivity (Wildman–Crippen MR) is 40.4 cm³/mol. The van der Waals surface area contributed by atoms with E-state index in [9.17, 15) is 0 Å². The smallest absolute Gasteiger partial charge is 0.262 e. The van der Waals surface area contributed by atoms with Crippen molar-refractivity contribution in [3.63, 3.8) is 0 Å². The predicted octanol–water partition coefficient (Wildman–Crippen LogP) is 2.57. The molecular weight excluding hydrogens is 144 g/mol. The highest BCUT2D eigenvalue weighted by atomic mass is 32.1. The van der Waals surface area contributed by atoms with Crippen LogP contribution in [0.25, 0.3) is 4.85 Å². The monoisotopic (exact) mass is 150 g/mol. The van der Waals surface area contributed by atoms with Crippen molar-refractivity contribution in [3.8, 4) is 0 Å². The fraction of sp³-hybridized carbons (Fsp3) is 0.429. The van der Waals surface area contributed by atoms with Crippen LogP contribution >= 0.6 is 11.3 Å². The van der Waals surface area contributed by atoms with Crippen LogP contribution in [0.3, 0.4) is 0 Å². The van der Waals surface area contributed by atoms with Gasteiger partial charge in [0.25, 0.3) is 5.00 Å². The molecule has 0 aliphatic heterocycles. The molecule has 0 atom stereocenters. The van der Waals surface area contributed by atoms with E-state index in [2.05, 4.69) is 9.83 Å². The van der Waals surface area contributed by atoms with Gasteiger partial charge in [0, 0.05) is 0 Å². The normalized spacial score (nSPS) is 16.7. The molecule has 0 saturated heterocycles. The Labute approximate surface area is 63.3 Å². The molecule has 0 radical (unpaired) electrons. The largest absolute Gasteiger partial charge is 0.263 e. The van der Waals surface area contributed by atoms with Crippen LogP contribution in [0.2, 0.25) is 0 Å². The first-order valence-corrected chi connectivity index (χ1v) is 4.10. The fourth-order valence-electron chi connectivity index (χ4n) is 0.969. The van der Waals surface area contributed by atoms with Crippen molar-refractivity contribution >= 4 is 16.3 Å². The quantitative estimate of drug-likeness (QED) is 0.562. The molecule has 2 nitrogen and oxygen atoms in total. The zero-order valence-electron chi connectivity index (χ0n) is 5.37. The van der Waals surface area contributed by atoms with Gasteiger partial charge in [-0.15, -0.1) is 11.3 Å². The van der Waals surface area contributed by atoms with Crippen LogP contribution in [-0.2, 0) is 0 Å². The van der Waals surface area contributed by atoms with E-state index in [1.54, 1.807) is 5.51 Å². The highest BCUT2D eigenvalue weighted by Gasteiger charge is 2.28. The molecule has 0 spiro atoms. The average molecular weight is 150 g/mol. The van der Waals surface area contributed by atoms with Crippen molar-refractivity contribution in [1.29, 1.82) is 0 Å². The number of rotatable bonds is 1. The molecule has 1 heterocycles. The fourth-order valence-corrected chi connectivity index (χ4v) is 1.63. The maximum atomic E-state index is 6.82. The first-order chi connectivity index (χ1) is 4.92. The molecule has 1 aliphatic rings. The summed E-state index contributed by atoms with van der Waals surface area (Å²) in [5.41, 5.74) is 2.81. The summed E-state index contributed by atoms with van der Waals surface area (Å²) in [6, 6.07) is 0. The van der Waals surface area contributed by atoms with Crippen LogP contribution in [0.4, 0.5) is 5.00 Å². The van der Waals surface area contributed by atoms with Crippen LogP contribution in [0.5, 0.6) is 0 Å². The third-order valence-corrected chi connectivity index (χ3v) is 2.38. The number of nitrogens with zero attached hydrogens (tertiary/aromatic N) is 2. The number of aromatic nitrogens is 1. The summed E-state index contributed by atoms with van der Waals surface area (Å²) in [5, 5.41) is 0.794. The number of hydrogen-bond acceptors (Lipinski definition) is 2. The Kier molecular flexibility index (Phi) is 1.21. The summed E-state index contributed by atoms with van der Waals surface area (Å²) in [5.74, 6) is 0.621. The summed E-state index contributed by atoms with van der Waals surface area (Å²) in [6.45, 7) is 6.82. The molecule has 0 amide bonds. The summed E-state index contributed by atoms with van der Waals surface area (Å²) in [7, 11) is 0.